The summed E-state index contributed by atoms with van der Waals surface area (Å²) in [6.07, 6.45) is 0. The average Bonchev–Trinajstić information content (AvgIpc) is 1.57. The van der Waals surface area contributed by atoms with Crippen molar-refractivity contribution in [3.8, 4) is 69.4 Å². The third kappa shape index (κ3) is 11.3. The Morgan fingerprint density at radius 3 is 0.969 bits per heavy atom. The molecule has 0 aliphatic heterocycles. The molecule has 0 N–H and O–H groups in total. The molecule has 0 radical (unpaired) electrons. The highest BCUT2D eigenvalue weighted by molar-refractivity contribution is 6.26. The summed E-state index contributed by atoms with van der Waals surface area (Å²) in [5, 5.41) is 54.9. The number of hydrogen-bond donors (Lipinski definition) is 0. The zero-order chi connectivity index (χ0) is 85.9. The predicted octanol–water partition coefficient (Wildman–Crippen LogP) is 29.1. The third-order valence-electron chi connectivity index (χ3n) is 25.8. The molecule has 130 heavy (non-hydrogen) atoms. The first-order valence-corrected chi connectivity index (χ1v) is 42.9. The Bertz CT molecular complexity index is 9940. The van der Waals surface area contributed by atoms with E-state index >= 15 is 0 Å². The van der Waals surface area contributed by atoms with Gasteiger partial charge in [0, 0.05) is 86.4 Å². The van der Waals surface area contributed by atoms with Crippen LogP contribution >= 0.6 is 0 Å². The molecule has 28 aromatic rings. The number of furan rings is 3. The zero-order valence-corrected chi connectivity index (χ0v) is 68.9. The molecular weight excluding hydrogens is 1600 g/mol. The lowest BCUT2D eigenvalue weighted by Crippen LogP contribution is -2.03. The lowest BCUT2D eigenvalue weighted by molar-refractivity contribution is 0.669. The summed E-state index contributed by atoms with van der Waals surface area (Å²) in [5.74, 6) is 1.44. The maximum Gasteiger partial charge on any atom is 0.236 e. The number of para-hydroxylation sites is 6. The largest absolute Gasteiger partial charge is 0.456 e. The molecule has 0 saturated heterocycles. The fourth-order valence-corrected chi connectivity index (χ4v) is 19.9. The van der Waals surface area contributed by atoms with E-state index in [1.807, 2.05) is 109 Å². The van der Waals surface area contributed by atoms with E-state index in [9.17, 15) is 15.8 Å². The van der Waals surface area contributed by atoms with Gasteiger partial charge in [0.15, 0.2) is 17.1 Å². The average molecular weight is 1660 g/mol. The van der Waals surface area contributed by atoms with Gasteiger partial charge < -0.3 is 13.3 Å². The molecule has 0 spiro atoms. The first kappa shape index (κ1) is 73.1. The molecule has 28 rings (SSSR count). The lowest BCUT2D eigenvalue weighted by Gasteiger charge is -2.09. The van der Waals surface area contributed by atoms with Crippen molar-refractivity contribution in [1.82, 2.24) is 43.6 Å². The molecule has 9 heterocycles. The van der Waals surface area contributed by atoms with E-state index in [0.717, 1.165) is 230 Å². The van der Waals surface area contributed by atoms with Crippen LogP contribution in [0.15, 0.2) is 389 Å². The van der Waals surface area contributed by atoms with Gasteiger partial charge >= 0.3 is 0 Å². The number of benzene rings is 19. The number of rotatable bonds is 6. The van der Waals surface area contributed by atoms with E-state index in [1.165, 1.54) is 10.8 Å². The Balaban J connectivity index is 0.000000103. The van der Waals surface area contributed by atoms with Gasteiger partial charge in [-0.1, -0.05) is 243 Å². The summed E-state index contributed by atoms with van der Waals surface area (Å²) < 4.78 is 25.2. The maximum absolute atomic E-state index is 10.0. The van der Waals surface area contributed by atoms with Gasteiger partial charge in [-0.25, -0.2) is 29.9 Å². The Morgan fingerprint density at radius 1 is 0.200 bits per heavy atom. The topological polar surface area (TPSA) is 203 Å². The van der Waals surface area contributed by atoms with Gasteiger partial charge in [-0.2, -0.15) is 15.8 Å². The van der Waals surface area contributed by atoms with Gasteiger partial charge in [-0.05, 0) is 204 Å². The van der Waals surface area contributed by atoms with Gasteiger partial charge in [-0.3, -0.25) is 13.7 Å². The Kier molecular flexibility index (Phi) is 16.2. The summed E-state index contributed by atoms with van der Waals surface area (Å²) in [5.41, 5.74) is 20.9. The van der Waals surface area contributed by atoms with Crippen LogP contribution in [0.4, 0.5) is 0 Å². The molecule has 0 saturated carbocycles. The molecule has 9 aromatic heterocycles. The highest BCUT2D eigenvalue weighted by Crippen LogP contribution is 2.47. The normalized spacial score (nSPS) is 11.8. The van der Waals surface area contributed by atoms with E-state index < -0.39 is 0 Å². The van der Waals surface area contributed by atoms with Crippen molar-refractivity contribution in [2.75, 3.05) is 0 Å². The van der Waals surface area contributed by atoms with Crippen LogP contribution in [0.2, 0.25) is 0 Å². The van der Waals surface area contributed by atoms with E-state index in [0.29, 0.717) is 34.9 Å². The quantitative estimate of drug-likeness (QED) is 0.153. The molecule has 19 aromatic carbocycles. The van der Waals surface area contributed by atoms with Gasteiger partial charge in [0.25, 0.3) is 0 Å². The minimum Gasteiger partial charge on any atom is -0.456 e. The second-order valence-electron chi connectivity index (χ2n) is 32.8. The van der Waals surface area contributed by atoms with Crippen molar-refractivity contribution in [2.24, 2.45) is 0 Å². The number of nitrogens with zero attached hydrogens (tertiary/aromatic N) is 12. The molecule has 0 amide bonds. The second-order valence-corrected chi connectivity index (χ2v) is 32.8. The van der Waals surface area contributed by atoms with Crippen molar-refractivity contribution in [2.45, 2.75) is 0 Å². The molecular formula is C115H62N12O3. The first-order valence-electron chi connectivity index (χ1n) is 42.9. The number of hydrogen-bond acceptors (Lipinski definition) is 12. The molecule has 0 bridgehead atoms. The summed E-state index contributed by atoms with van der Waals surface area (Å²) in [4.78, 5) is 29.1. The van der Waals surface area contributed by atoms with Crippen molar-refractivity contribution >= 4 is 207 Å². The summed E-state index contributed by atoms with van der Waals surface area (Å²) in [6.45, 7) is 0. The Morgan fingerprint density at radius 2 is 0.515 bits per heavy atom. The van der Waals surface area contributed by atoms with Gasteiger partial charge in [0.05, 0.1) is 49.7 Å². The van der Waals surface area contributed by atoms with E-state index in [2.05, 4.69) is 299 Å². The Labute approximate surface area is 737 Å². The SMILES string of the molecule is N#Cc1nc(-n2c3ccc(-c4ccc5c(c4)oc4ccc6ccccc6c45)cc3c3c4ccccc4ccc32)nc2ccccc12.N#Cc1nc(-n2c3ccc(-c4ccc5c(c4)oc4ccccc45)cc3c3c4ccccc4ccc32)nc2ccccc12.N#Cc1nc(-n2c3ccc(-c4cccc5c4oc4ccccc45)cc3c3c4ccccc4ccc32)nc2ccccc12. The van der Waals surface area contributed by atoms with E-state index in [4.69, 9.17) is 43.2 Å². The van der Waals surface area contributed by atoms with Gasteiger partial charge in [0.2, 0.25) is 17.8 Å². The monoisotopic (exact) mass is 1660 g/mol. The minimum absolute atomic E-state index is 0.361. The highest BCUT2D eigenvalue weighted by Gasteiger charge is 2.26. The molecule has 0 unspecified atom stereocenters. The van der Waals surface area contributed by atoms with Crippen LogP contribution in [0.25, 0.3) is 258 Å². The van der Waals surface area contributed by atoms with Crippen LogP contribution in [0.5, 0.6) is 0 Å². The Hall–Kier alpha value is -18.5. The van der Waals surface area contributed by atoms with Crippen molar-refractivity contribution in [3.63, 3.8) is 0 Å². The summed E-state index contributed by atoms with van der Waals surface area (Å²) in [6, 6.07) is 136. The van der Waals surface area contributed by atoms with Gasteiger partial charge in [-0.15, -0.1) is 0 Å². The predicted molar refractivity (Wildman–Crippen MR) is 524 cm³/mol. The standard InChI is InChI=1S/C41H22N4O.2C37H20N4O/c42-23-34-30-11-5-6-12-33(30)43-41(44-34)45-35-18-15-26(21-32(35)39-28-9-3-1-7-24(28)14-19-36(39)45)27-13-17-31-38(22-27)46-37-20-16-25-8-2-4-10-29(25)40(31)37;38-21-31-28-11-3-5-14-30(28)39-37(40-31)41-32-18-17-23(20-29(32)35-24-9-2-1-8-22(24)16-19-33(35)41)25-12-7-13-27-26-10-4-6-15-34(26)42-36(25)27;38-21-31-28-10-3-5-11-30(28)39-37(40-31)41-32-17-15-23(19-29(32)36-25-8-2-1-7-22(25)14-18-33(36)41)24-13-16-27-26-9-4-6-12-34(26)42-35(27)20-24/h1-22H;2*1-20H. The molecule has 600 valence electrons. The van der Waals surface area contributed by atoms with Crippen LogP contribution in [0.3, 0.4) is 0 Å². The van der Waals surface area contributed by atoms with Gasteiger partial charge in [0.1, 0.15) is 51.7 Å². The number of aromatic nitrogens is 9. The van der Waals surface area contributed by atoms with Crippen LogP contribution in [0, 0.1) is 34.0 Å². The number of nitriles is 3. The lowest BCUT2D eigenvalue weighted by atomic mass is 9.98. The molecule has 0 aliphatic rings. The fourth-order valence-electron chi connectivity index (χ4n) is 19.9. The fraction of sp³-hybridized carbons (Fsp3) is 0. The summed E-state index contributed by atoms with van der Waals surface area (Å²) >= 11 is 0. The van der Waals surface area contributed by atoms with Crippen LogP contribution in [-0.4, -0.2) is 43.6 Å². The number of fused-ring (bicyclic) bond motifs is 29. The van der Waals surface area contributed by atoms with Crippen LogP contribution in [-0.2, 0) is 0 Å². The third-order valence-corrected chi connectivity index (χ3v) is 25.8. The molecule has 0 atom stereocenters. The molecule has 0 aliphatic carbocycles. The zero-order valence-electron chi connectivity index (χ0n) is 68.9. The van der Waals surface area contributed by atoms with Crippen molar-refractivity contribution in [1.29, 1.82) is 15.8 Å². The molecule has 15 heteroatoms. The highest BCUT2D eigenvalue weighted by atomic mass is 16.3. The smallest absolute Gasteiger partial charge is 0.236 e. The van der Waals surface area contributed by atoms with E-state index in [-0.39, 0.29) is 0 Å². The first-order chi connectivity index (χ1) is 64.3. The second kappa shape index (κ2) is 28.8. The minimum atomic E-state index is 0.361. The molecule has 15 nitrogen and oxygen atoms in total. The van der Waals surface area contributed by atoms with Crippen molar-refractivity contribution < 1.29 is 13.3 Å². The summed E-state index contributed by atoms with van der Waals surface area (Å²) in [7, 11) is 0. The van der Waals surface area contributed by atoms with E-state index in [1.54, 1.807) is 0 Å². The maximum atomic E-state index is 10.0. The van der Waals surface area contributed by atoms with Crippen molar-refractivity contribution in [3.05, 3.63) is 393 Å². The van der Waals surface area contributed by atoms with Crippen LogP contribution in [0.1, 0.15) is 17.1 Å². The van der Waals surface area contributed by atoms with Crippen LogP contribution < -0.4 is 0 Å². The molecule has 0 fully saturated rings.